The van der Waals surface area contributed by atoms with E-state index in [2.05, 4.69) is 20.9 Å². The van der Waals surface area contributed by atoms with Crippen LogP contribution in [0, 0.1) is 0 Å². The first-order chi connectivity index (χ1) is 9.04. The zero-order chi connectivity index (χ0) is 14.0. The molecular weight excluding hydrogens is 314 g/mol. The Kier molecular flexibility index (Phi) is 4.24. The van der Waals surface area contributed by atoms with Gasteiger partial charge in [0.2, 0.25) is 0 Å². The van der Waals surface area contributed by atoms with E-state index in [1.807, 2.05) is 18.2 Å². The average Bonchev–Trinajstić information content (AvgIpc) is 2.80. The predicted octanol–water partition coefficient (Wildman–Crippen LogP) is 1.89. The summed E-state index contributed by atoms with van der Waals surface area (Å²) >= 11 is 3.34. The maximum absolute atomic E-state index is 11.4. The first-order valence-corrected chi connectivity index (χ1v) is 6.63. The highest BCUT2D eigenvalue weighted by Crippen LogP contribution is 2.28. The van der Waals surface area contributed by atoms with E-state index in [1.54, 1.807) is 13.1 Å². The van der Waals surface area contributed by atoms with Crippen LogP contribution in [0.3, 0.4) is 0 Å². The molecule has 0 radical (unpaired) electrons. The van der Waals surface area contributed by atoms with Gasteiger partial charge >= 0.3 is 5.97 Å². The van der Waals surface area contributed by atoms with E-state index in [0.717, 1.165) is 15.4 Å². The van der Waals surface area contributed by atoms with Gasteiger partial charge in [-0.15, -0.1) is 0 Å². The van der Waals surface area contributed by atoms with E-state index in [4.69, 9.17) is 4.74 Å². The zero-order valence-corrected chi connectivity index (χ0v) is 11.8. The number of aromatic nitrogens is 1. The van der Waals surface area contributed by atoms with Crippen LogP contribution in [0.2, 0.25) is 0 Å². The number of aromatic amines is 1. The highest BCUT2D eigenvalue weighted by Gasteiger charge is 2.28. The van der Waals surface area contributed by atoms with Crippen molar-refractivity contribution in [3.8, 4) is 0 Å². The predicted molar refractivity (Wildman–Crippen MR) is 73.6 cm³/mol. The molecular formula is C13H14BrNO4. The molecule has 0 saturated carbocycles. The largest absolute Gasteiger partial charge is 0.464 e. The van der Waals surface area contributed by atoms with Gasteiger partial charge in [0.25, 0.3) is 0 Å². The quantitative estimate of drug-likeness (QED) is 0.749. The molecule has 2 atom stereocenters. The summed E-state index contributed by atoms with van der Waals surface area (Å²) in [6, 6.07) is 5.51. The minimum Gasteiger partial charge on any atom is -0.464 e. The van der Waals surface area contributed by atoms with E-state index in [-0.39, 0.29) is 6.61 Å². The van der Waals surface area contributed by atoms with E-state index >= 15 is 0 Å². The van der Waals surface area contributed by atoms with Crippen molar-refractivity contribution in [2.24, 2.45) is 0 Å². The highest BCUT2D eigenvalue weighted by atomic mass is 79.9. The molecule has 1 heterocycles. The smallest absolute Gasteiger partial charge is 0.338 e. The first kappa shape index (κ1) is 14.0. The summed E-state index contributed by atoms with van der Waals surface area (Å²) in [4.78, 5) is 14.4. The fourth-order valence-electron chi connectivity index (χ4n) is 1.89. The van der Waals surface area contributed by atoms with Gasteiger partial charge in [-0.2, -0.15) is 0 Å². The number of ether oxygens (including phenoxy) is 1. The maximum atomic E-state index is 11.4. The number of benzene rings is 1. The Morgan fingerprint density at radius 2 is 2.21 bits per heavy atom. The molecule has 2 aromatic rings. The highest BCUT2D eigenvalue weighted by molar-refractivity contribution is 9.10. The molecule has 0 aliphatic rings. The third-order valence-electron chi connectivity index (χ3n) is 2.82. The van der Waals surface area contributed by atoms with Crippen molar-refractivity contribution < 1.29 is 19.7 Å². The van der Waals surface area contributed by atoms with Crippen molar-refractivity contribution in [3.63, 3.8) is 0 Å². The van der Waals surface area contributed by atoms with E-state index < -0.39 is 18.2 Å². The number of rotatable bonds is 4. The minimum atomic E-state index is -1.60. The van der Waals surface area contributed by atoms with Crippen LogP contribution in [0.15, 0.2) is 28.9 Å². The lowest BCUT2D eigenvalue weighted by molar-refractivity contribution is -0.159. The van der Waals surface area contributed by atoms with Crippen LogP contribution in [0.4, 0.5) is 0 Å². The molecule has 0 aliphatic carbocycles. The Bertz CT molecular complexity index is 595. The number of carbonyl (C=O) groups excluding carboxylic acids is 1. The second kappa shape index (κ2) is 5.73. The van der Waals surface area contributed by atoms with Crippen LogP contribution in [0.25, 0.3) is 10.9 Å². The van der Waals surface area contributed by atoms with E-state index in [1.165, 1.54) is 0 Å². The summed E-state index contributed by atoms with van der Waals surface area (Å²) in [5.41, 5.74) is 1.27. The van der Waals surface area contributed by atoms with Crippen LogP contribution < -0.4 is 0 Å². The number of aliphatic hydroxyl groups excluding tert-OH is 2. The van der Waals surface area contributed by atoms with Crippen LogP contribution in [0.1, 0.15) is 18.6 Å². The van der Waals surface area contributed by atoms with Gasteiger partial charge in [0.05, 0.1) is 6.61 Å². The maximum Gasteiger partial charge on any atom is 0.338 e. The summed E-state index contributed by atoms with van der Waals surface area (Å²) in [5, 5.41) is 20.6. The lowest BCUT2D eigenvalue weighted by atomic mass is 10.0. The van der Waals surface area contributed by atoms with Gasteiger partial charge in [-0.05, 0) is 25.1 Å². The molecule has 0 aliphatic heterocycles. The van der Waals surface area contributed by atoms with Crippen molar-refractivity contribution in [3.05, 3.63) is 34.4 Å². The van der Waals surface area contributed by atoms with E-state index in [9.17, 15) is 15.0 Å². The van der Waals surface area contributed by atoms with Crippen molar-refractivity contribution in [1.29, 1.82) is 0 Å². The Morgan fingerprint density at radius 1 is 1.47 bits per heavy atom. The number of halogens is 1. The number of aliphatic hydroxyl groups is 2. The van der Waals surface area contributed by atoms with Gasteiger partial charge in [0, 0.05) is 27.1 Å². The molecule has 5 nitrogen and oxygen atoms in total. The van der Waals surface area contributed by atoms with Crippen LogP contribution >= 0.6 is 15.9 Å². The summed E-state index contributed by atoms with van der Waals surface area (Å²) in [6.07, 6.45) is -1.36. The van der Waals surface area contributed by atoms with Crippen LogP contribution in [0.5, 0.6) is 0 Å². The SMILES string of the molecule is CCOC(=O)C(O)C(O)c1c[nH]c2ccc(Br)cc12. The van der Waals surface area contributed by atoms with E-state index in [0.29, 0.717) is 5.56 Å². The Labute approximate surface area is 118 Å². The molecule has 3 N–H and O–H groups in total. The second-order valence-corrected chi connectivity index (χ2v) is 4.99. The molecule has 0 bridgehead atoms. The van der Waals surface area contributed by atoms with Crippen molar-refractivity contribution in [2.75, 3.05) is 6.61 Å². The van der Waals surface area contributed by atoms with Gasteiger partial charge in [-0.25, -0.2) is 4.79 Å². The lowest BCUT2D eigenvalue weighted by Crippen LogP contribution is -2.29. The third kappa shape index (κ3) is 2.80. The van der Waals surface area contributed by atoms with Crippen molar-refractivity contribution in [1.82, 2.24) is 4.98 Å². The lowest BCUT2D eigenvalue weighted by Gasteiger charge is -2.15. The number of fused-ring (bicyclic) bond motifs is 1. The molecule has 0 amide bonds. The summed E-state index contributed by atoms with van der Waals surface area (Å²) in [5.74, 6) is -0.834. The minimum absolute atomic E-state index is 0.155. The van der Waals surface area contributed by atoms with Crippen molar-refractivity contribution in [2.45, 2.75) is 19.1 Å². The fourth-order valence-corrected chi connectivity index (χ4v) is 2.25. The molecule has 102 valence electrons. The summed E-state index contributed by atoms with van der Waals surface area (Å²) in [6.45, 7) is 1.79. The molecule has 0 saturated heterocycles. The monoisotopic (exact) mass is 327 g/mol. The zero-order valence-electron chi connectivity index (χ0n) is 10.3. The number of hydrogen-bond donors (Lipinski definition) is 3. The number of carbonyl (C=O) groups is 1. The second-order valence-electron chi connectivity index (χ2n) is 4.08. The Morgan fingerprint density at radius 3 is 2.89 bits per heavy atom. The molecule has 19 heavy (non-hydrogen) atoms. The van der Waals surface area contributed by atoms with Crippen LogP contribution in [-0.4, -0.2) is 33.9 Å². The molecule has 2 unspecified atom stereocenters. The first-order valence-electron chi connectivity index (χ1n) is 5.84. The molecule has 2 rings (SSSR count). The van der Waals surface area contributed by atoms with Gasteiger partial charge in [0.15, 0.2) is 6.10 Å². The van der Waals surface area contributed by atoms with Gasteiger partial charge in [-0.3, -0.25) is 0 Å². The molecule has 1 aromatic carbocycles. The molecule has 1 aromatic heterocycles. The number of hydrogen-bond acceptors (Lipinski definition) is 4. The van der Waals surface area contributed by atoms with Gasteiger partial charge in [0.1, 0.15) is 6.10 Å². The van der Waals surface area contributed by atoms with Crippen molar-refractivity contribution >= 4 is 32.8 Å². The Balaban J connectivity index is 2.33. The number of H-pyrrole nitrogens is 1. The fraction of sp³-hybridized carbons (Fsp3) is 0.308. The third-order valence-corrected chi connectivity index (χ3v) is 3.31. The summed E-state index contributed by atoms with van der Waals surface area (Å²) < 4.78 is 5.54. The average molecular weight is 328 g/mol. The standard InChI is InChI=1S/C13H14BrNO4/c1-2-19-13(18)12(17)11(16)9-6-15-10-4-3-7(14)5-8(9)10/h3-6,11-12,15-17H,2H2,1H3. The number of nitrogens with one attached hydrogen (secondary N) is 1. The Hall–Kier alpha value is -1.37. The van der Waals surface area contributed by atoms with Crippen LogP contribution in [-0.2, 0) is 9.53 Å². The summed E-state index contributed by atoms with van der Waals surface area (Å²) in [7, 11) is 0. The normalized spacial score (nSPS) is 14.3. The van der Waals surface area contributed by atoms with Gasteiger partial charge in [-0.1, -0.05) is 15.9 Å². The number of esters is 1. The molecule has 0 fully saturated rings. The molecule has 6 heteroatoms. The molecule has 0 spiro atoms. The topological polar surface area (TPSA) is 82.6 Å². The van der Waals surface area contributed by atoms with Gasteiger partial charge < -0.3 is 19.9 Å².